The zero-order valence-corrected chi connectivity index (χ0v) is 14.7. The molecular formula is C17H17N3O2S2. The number of amides is 1. The molecule has 0 unspecified atom stereocenters. The standard InChI is InChI=1S/C17H17N3O2S2/c21-17(15-4-2-10-23-15)20-7-5-19(6-8-20)11-16-18-13(12-24-16)14-3-1-9-22-14/h1-4,9-10,12H,5-8,11H2. The lowest BCUT2D eigenvalue weighted by Crippen LogP contribution is -2.48. The molecule has 0 aromatic carbocycles. The summed E-state index contributed by atoms with van der Waals surface area (Å²) in [5, 5.41) is 5.06. The summed E-state index contributed by atoms with van der Waals surface area (Å²) < 4.78 is 5.39. The number of nitrogens with zero attached hydrogens (tertiary/aromatic N) is 3. The van der Waals surface area contributed by atoms with Gasteiger partial charge >= 0.3 is 0 Å². The lowest BCUT2D eigenvalue weighted by atomic mass is 10.3. The minimum atomic E-state index is 0.152. The van der Waals surface area contributed by atoms with Gasteiger partial charge in [-0.2, -0.15) is 0 Å². The van der Waals surface area contributed by atoms with Gasteiger partial charge in [-0.05, 0) is 23.6 Å². The van der Waals surface area contributed by atoms with Crippen molar-refractivity contribution in [1.29, 1.82) is 0 Å². The van der Waals surface area contributed by atoms with Gasteiger partial charge in [0.1, 0.15) is 10.7 Å². The second-order valence-electron chi connectivity index (χ2n) is 5.65. The summed E-state index contributed by atoms with van der Waals surface area (Å²) in [4.78, 5) is 22.1. The Hall–Kier alpha value is -1.96. The van der Waals surface area contributed by atoms with E-state index < -0.39 is 0 Å². The van der Waals surface area contributed by atoms with Gasteiger partial charge in [0.05, 0.1) is 17.7 Å². The second kappa shape index (κ2) is 6.88. The van der Waals surface area contributed by atoms with E-state index in [0.717, 1.165) is 54.1 Å². The molecule has 1 fully saturated rings. The van der Waals surface area contributed by atoms with Crippen LogP contribution < -0.4 is 0 Å². The maximum absolute atomic E-state index is 12.4. The van der Waals surface area contributed by atoms with Crippen molar-refractivity contribution in [2.24, 2.45) is 0 Å². The molecule has 0 atom stereocenters. The Kier molecular flexibility index (Phi) is 4.46. The first-order valence-corrected chi connectivity index (χ1v) is 9.59. The third kappa shape index (κ3) is 3.28. The van der Waals surface area contributed by atoms with Gasteiger partial charge in [0, 0.05) is 31.6 Å². The zero-order valence-electron chi connectivity index (χ0n) is 13.1. The molecule has 124 valence electrons. The van der Waals surface area contributed by atoms with E-state index in [4.69, 9.17) is 4.42 Å². The van der Waals surface area contributed by atoms with E-state index >= 15 is 0 Å². The van der Waals surface area contributed by atoms with Crippen LogP contribution in [0.5, 0.6) is 0 Å². The van der Waals surface area contributed by atoms with Crippen LogP contribution in [0.3, 0.4) is 0 Å². The van der Waals surface area contributed by atoms with Crippen molar-refractivity contribution < 1.29 is 9.21 Å². The number of thiophene rings is 1. The highest BCUT2D eigenvalue weighted by Crippen LogP contribution is 2.23. The summed E-state index contributed by atoms with van der Waals surface area (Å²) in [6.07, 6.45) is 1.66. The SMILES string of the molecule is O=C(c1cccs1)N1CCN(Cc2nc(-c3ccco3)cs2)CC1. The summed E-state index contributed by atoms with van der Waals surface area (Å²) in [7, 11) is 0. The number of aromatic nitrogens is 1. The molecular weight excluding hydrogens is 342 g/mol. The van der Waals surface area contributed by atoms with Crippen LogP contribution >= 0.6 is 22.7 Å². The van der Waals surface area contributed by atoms with E-state index in [9.17, 15) is 4.79 Å². The lowest BCUT2D eigenvalue weighted by Gasteiger charge is -2.34. The zero-order chi connectivity index (χ0) is 16.4. The van der Waals surface area contributed by atoms with Crippen LogP contribution in [-0.4, -0.2) is 46.9 Å². The van der Waals surface area contributed by atoms with Crippen LogP contribution in [0.4, 0.5) is 0 Å². The Balaban J connectivity index is 1.33. The molecule has 4 heterocycles. The highest BCUT2D eigenvalue weighted by molar-refractivity contribution is 7.12. The molecule has 1 saturated heterocycles. The first-order chi connectivity index (χ1) is 11.8. The van der Waals surface area contributed by atoms with E-state index in [1.54, 1.807) is 17.6 Å². The fourth-order valence-corrected chi connectivity index (χ4v) is 4.29. The van der Waals surface area contributed by atoms with Crippen molar-refractivity contribution in [3.8, 4) is 11.5 Å². The number of carbonyl (C=O) groups excluding carboxylic acids is 1. The van der Waals surface area contributed by atoms with Crippen LogP contribution in [-0.2, 0) is 6.54 Å². The monoisotopic (exact) mass is 359 g/mol. The largest absolute Gasteiger partial charge is 0.463 e. The lowest BCUT2D eigenvalue weighted by molar-refractivity contribution is 0.0633. The smallest absolute Gasteiger partial charge is 0.264 e. The van der Waals surface area contributed by atoms with Gasteiger partial charge in [0.25, 0.3) is 5.91 Å². The van der Waals surface area contributed by atoms with Crippen molar-refractivity contribution in [3.63, 3.8) is 0 Å². The summed E-state index contributed by atoms with van der Waals surface area (Å²) in [6, 6.07) is 7.62. The molecule has 24 heavy (non-hydrogen) atoms. The van der Waals surface area contributed by atoms with E-state index in [-0.39, 0.29) is 5.91 Å². The van der Waals surface area contributed by atoms with Gasteiger partial charge in [-0.25, -0.2) is 4.98 Å². The van der Waals surface area contributed by atoms with Crippen molar-refractivity contribution in [2.45, 2.75) is 6.54 Å². The highest BCUT2D eigenvalue weighted by Gasteiger charge is 2.23. The van der Waals surface area contributed by atoms with Crippen molar-refractivity contribution in [3.05, 3.63) is 51.2 Å². The molecule has 1 aliphatic heterocycles. The number of hydrogen-bond acceptors (Lipinski definition) is 6. The molecule has 1 aliphatic rings. The molecule has 7 heteroatoms. The summed E-state index contributed by atoms with van der Waals surface area (Å²) in [5.74, 6) is 0.961. The Bertz CT molecular complexity index is 788. The first-order valence-electron chi connectivity index (χ1n) is 7.83. The Morgan fingerprint density at radius 2 is 2.04 bits per heavy atom. The van der Waals surface area contributed by atoms with Gasteiger partial charge in [-0.15, -0.1) is 22.7 Å². The van der Waals surface area contributed by atoms with E-state index in [2.05, 4.69) is 9.88 Å². The topological polar surface area (TPSA) is 49.6 Å². The molecule has 0 aliphatic carbocycles. The Morgan fingerprint density at radius 3 is 2.75 bits per heavy atom. The number of hydrogen-bond donors (Lipinski definition) is 0. The predicted molar refractivity (Wildman–Crippen MR) is 95.3 cm³/mol. The number of piperazine rings is 1. The average molecular weight is 359 g/mol. The molecule has 1 amide bonds. The molecule has 0 radical (unpaired) electrons. The van der Waals surface area contributed by atoms with Crippen LogP contribution in [0.1, 0.15) is 14.7 Å². The van der Waals surface area contributed by atoms with E-state index in [0.29, 0.717) is 0 Å². The summed E-state index contributed by atoms with van der Waals surface area (Å²) in [5.41, 5.74) is 0.895. The first kappa shape index (κ1) is 15.6. The van der Waals surface area contributed by atoms with Crippen LogP contribution in [0.15, 0.2) is 45.7 Å². The third-order valence-electron chi connectivity index (χ3n) is 4.08. The van der Waals surface area contributed by atoms with Crippen molar-refractivity contribution >= 4 is 28.6 Å². The number of thiazole rings is 1. The number of rotatable bonds is 4. The van der Waals surface area contributed by atoms with Gasteiger partial charge in [0.15, 0.2) is 5.76 Å². The molecule has 0 bridgehead atoms. The normalized spacial score (nSPS) is 15.8. The maximum atomic E-state index is 12.4. The molecule has 3 aromatic heterocycles. The van der Waals surface area contributed by atoms with Gasteiger partial charge < -0.3 is 9.32 Å². The molecule has 3 aromatic rings. The van der Waals surface area contributed by atoms with Gasteiger partial charge in [-0.3, -0.25) is 9.69 Å². The maximum Gasteiger partial charge on any atom is 0.264 e. The number of carbonyl (C=O) groups is 1. The summed E-state index contributed by atoms with van der Waals surface area (Å²) >= 11 is 3.16. The van der Waals surface area contributed by atoms with E-state index in [1.165, 1.54) is 11.3 Å². The molecule has 0 N–H and O–H groups in total. The summed E-state index contributed by atoms with van der Waals surface area (Å²) in [6.45, 7) is 4.13. The fraction of sp³-hybridized carbons (Fsp3) is 0.294. The van der Waals surface area contributed by atoms with Crippen LogP contribution in [0, 0.1) is 0 Å². The predicted octanol–water partition coefficient (Wildman–Crippen LogP) is 3.42. The van der Waals surface area contributed by atoms with Crippen molar-refractivity contribution in [1.82, 2.24) is 14.8 Å². The van der Waals surface area contributed by atoms with Crippen LogP contribution in [0.2, 0.25) is 0 Å². The molecule has 5 nitrogen and oxygen atoms in total. The Morgan fingerprint density at radius 1 is 1.17 bits per heavy atom. The minimum absolute atomic E-state index is 0.152. The Labute approximate surface area is 148 Å². The van der Waals surface area contributed by atoms with Gasteiger partial charge in [-0.1, -0.05) is 6.07 Å². The quantitative estimate of drug-likeness (QED) is 0.716. The van der Waals surface area contributed by atoms with E-state index in [1.807, 2.05) is 39.9 Å². The van der Waals surface area contributed by atoms with Crippen LogP contribution in [0.25, 0.3) is 11.5 Å². The minimum Gasteiger partial charge on any atom is -0.463 e. The fourth-order valence-electron chi connectivity index (χ4n) is 2.78. The molecule has 4 rings (SSSR count). The molecule has 0 saturated carbocycles. The average Bonchev–Trinajstić information content (AvgIpc) is 3.36. The van der Waals surface area contributed by atoms with Gasteiger partial charge in [0.2, 0.25) is 0 Å². The number of furan rings is 1. The second-order valence-corrected chi connectivity index (χ2v) is 7.54. The van der Waals surface area contributed by atoms with Crippen molar-refractivity contribution in [2.75, 3.05) is 26.2 Å². The third-order valence-corrected chi connectivity index (χ3v) is 5.77. The highest BCUT2D eigenvalue weighted by atomic mass is 32.1. The molecule has 0 spiro atoms.